The lowest BCUT2D eigenvalue weighted by molar-refractivity contribution is 0.153. The number of hydrogen-bond donors (Lipinski definition) is 2. The lowest BCUT2D eigenvalue weighted by Crippen LogP contribution is -2.37. The molecule has 0 radical (unpaired) electrons. The van der Waals surface area contributed by atoms with Gasteiger partial charge in [0.25, 0.3) is 0 Å². The first-order chi connectivity index (χ1) is 9.79. The Morgan fingerprint density at radius 1 is 1.50 bits per heavy atom. The fraction of sp³-hybridized carbons (Fsp3) is 0.571. The molecule has 0 atom stereocenters. The fourth-order valence-electron chi connectivity index (χ4n) is 2.10. The van der Waals surface area contributed by atoms with Gasteiger partial charge < -0.3 is 15.4 Å². The van der Waals surface area contributed by atoms with Gasteiger partial charge in [-0.1, -0.05) is 11.6 Å². The summed E-state index contributed by atoms with van der Waals surface area (Å²) in [6, 6.07) is 1.99. The van der Waals surface area contributed by atoms with E-state index in [2.05, 4.69) is 26.8 Å². The van der Waals surface area contributed by atoms with Gasteiger partial charge in [-0.15, -0.1) is 0 Å². The van der Waals surface area contributed by atoms with Gasteiger partial charge in [0.1, 0.15) is 0 Å². The number of aliphatic imine (C=N–C) groups is 1. The number of ether oxygens (including phenoxy) is 1. The molecule has 1 aromatic heterocycles. The van der Waals surface area contributed by atoms with Crippen molar-refractivity contribution in [1.82, 2.24) is 20.4 Å². The van der Waals surface area contributed by atoms with Crippen LogP contribution in [-0.2, 0) is 18.3 Å². The highest BCUT2D eigenvalue weighted by Crippen LogP contribution is 2.10. The standard InChI is InChI=1S/C14H23N5O/c1-15-14(17-11-13-4-8-18-19(13)2)16-7-3-12-5-9-20-10-6-12/h4-5,8H,3,6-7,9-11H2,1-2H3,(H2,15,16,17). The molecule has 0 aliphatic carbocycles. The third-order valence-corrected chi connectivity index (χ3v) is 3.38. The number of rotatable bonds is 5. The Morgan fingerprint density at radius 2 is 2.40 bits per heavy atom. The van der Waals surface area contributed by atoms with E-state index in [0.29, 0.717) is 6.54 Å². The van der Waals surface area contributed by atoms with E-state index in [1.807, 2.05) is 17.8 Å². The number of aryl methyl sites for hydroxylation is 1. The molecule has 0 bridgehead atoms. The Balaban J connectivity index is 1.70. The number of hydrogen-bond acceptors (Lipinski definition) is 3. The Kier molecular flexibility index (Phi) is 5.61. The van der Waals surface area contributed by atoms with Crippen LogP contribution in [0.25, 0.3) is 0 Å². The van der Waals surface area contributed by atoms with Crippen molar-refractivity contribution < 1.29 is 4.74 Å². The molecule has 20 heavy (non-hydrogen) atoms. The van der Waals surface area contributed by atoms with Crippen LogP contribution in [0.15, 0.2) is 28.9 Å². The number of nitrogens with zero attached hydrogens (tertiary/aromatic N) is 3. The average Bonchev–Trinajstić information content (AvgIpc) is 2.89. The SMILES string of the molecule is CN=C(NCCC1=CCOCC1)NCc1ccnn1C. The highest BCUT2D eigenvalue weighted by molar-refractivity contribution is 5.79. The maximum absolute atomic E-state index is 5.30. The molecule has 1 aliphatic heterocycles. The number of aromatic nitrogens is 2. The minimum atomic E-state index is 0.715. The maximum Gasteiger partial charge on any atom is 0.191 e. The summed E-state index contributed by atoms with van der Waals surface area (Å²) in [5.41, 5.74) is 2.59. The minimum absolute atomic E-state index is 0.715. The number of nitrogens with one attached hydrogen (secondary N) is 2. The summed E-state index contributed by atoms with van der Waals surface area (Å²) in [5.74, 6) is 0.818. The zero-order valence-corrected chi connectivity index (χ0v) is 12.2. The molecule has 0 saturated heterocycles. The number of guanidine groups is 1. The third-order valence-electron chi connectivity index (χ3n) is 3.38. The molecule has 1 aromatic rings. The van der Waals surface area contributed by atoms with Gasteiger partial charge in [0.15, 0.2) is 5.96 Å². The van der Waals surface area contributed by atoms with Gasteiger partial charge in [-0.25, -0.2) is 0 Å². The van der Waals surface area contributed by atoms with Crippen LogP contribution in [0.5, 0.6) is 0 Å². The fourth-order valence-corrected chi connectivity index (χ4v) is 2.10. The molecule has 0 spiro atoms. The summed E-state index contributed by atoms with van der Waals surface area (Å²) in [5, 5.41) is 10.8. The first-order valence-corrected chi connectivity index (χ1v) is 6.96. The molecule has 110 valence electrons. The Morgan fingerprint density at radius 3 is 3.05 bits per heavy atom. The Hall–Kier alpha value is -1.82. The highest BCUT2D eigenvalue weighted by Gasteiger charge is 2.04. The van der Waals surface area contributed by atoms with E-state index in [0.717, 1.165) is 44.3 Å². The van der Waals surface area contributed by atoms with Crippen LogP contribution in [0.1, 0.15) is 18.5 Å². The van der Waals surface area contributed by atoms with Crippen molar-refractivity contribution in [2.24, 2.45) is 12.0 Å². The summed E-state index contributed by atoms with van der Waals surface area (Å²) in [4.78, 5) is 4.22. The van der Waals surface area contributed by atoms with Crippen LogP contribution < -0.4 is 10.6 Å². The smallest absolute Gasteiger partial charge is 0.191 e. The van der Waals surface area contributed by atoms with Crippen molar-refractivity contribution in [1.29, 1.82) is 0 Å². The zero-order valence-electron chi connectivity index (χ0n) is 12.2. The normalized spacial score (nSPS) is 15.9. The molecule has 2 heterocycles. The lowest BCUT2D eigenvalue weighted by Gasteiger charge is -2.15. The van der Waals surface area contributed by atoms with Crippen LogP contribution in [0, 0.1) is 0 Å². The van der Waals surface area contributed by atoms with Crippen LogP contribution in [0.3, 0.4) is 0 Å². The largest absolute Gasteiger partial charge is 0.377 e. The van der Waals surface area contributed by atoms with E-state index in [9.17, 15) is 0 Å². The molecule has 1 aliphatic rings. The van der Waals surface area contributed by atoms with Gasteiger partial charge >= 0.3 is 0 Å². The average molecular weight is 277 g/mol. The predicted octanol–water partition coefficient (Wildman–Crippen LogP) is 0.822. The van der Waals surface area contributed by atoms with Crippen molar-refractivity contribution >= 4 is 5.96 Å². The molecule has 0 aromatic carbocycles. The summed E-state index contributed by atoms with van der Waals surface area (Å²) in [7, 11) is 3.72. The molecule has 6 heteroatoms. The summed E-state index contributed by atoms with van der Waals surface area (Å²) in [6.45, 7) is 3.20. The van der Waals surface area contributed by atoms with Crippen LogP contribution >= 0.6 is 0 Å². The molecular formula is C14H23N5O. The molecule has 0 fully saturated rings. The topological polar surface area (TPSA) is 63.5 Å². The van der Waals surface area contributed by atoms with Gasteiger partial charge in [-0.3, -0.25) is 9.67 Å². The Labute approximate surface area is 119 Å². The lowest BCUT2D eigenvalue weighted by atomic mass is 10.1. The second-order valence-electron chi connectivity index (χ2n) is 4.74. The molecule has 0 amide bonds. The molecular weight excluding hydrogens is 254 g/mol. The van der Waals surface area contributed by atoms with Crippen molar-refractivity contribution in [3.05, 3.63) is 29.6 Å². The van der Waals surface area contributed by atoms with Gasteiger partial charge in [0, 0.05) is 26.8 Å². The predicted molar refractivity (Wildman–Crippen MR) is 79.5 cm³/mol. The van der Waals surface area contributed by atoms with Crippen LogP contribution in [-0.4, -0.2) is 42.5 Å². The zero-order chi connectivity index (χ0) is 14.2. The Bertz CT molecular complexity index is 478. The highest BCUT2D eigenvalue weighted by atomic mass is 16.5. The van der Waals surface area contributed by atoms with Gasteiger partial charge in [0.05, 0.1) is 25.5 Å². The summed E-state index contributed by atoms with van der Waals surface area (Å²) >= 11 is 0. The van der Waals surface area contributed by atoms with E-state index in [1.165, 1.54) is 5.57 Å². The first kappa shape index (κ1) is 14.6. The van der Waals surface area contributed by atoms with Crippen LogP contribution in [0.4, 0.5) is 0 Å². The van der Waals surface area contributed by atoms with Crippen molar-refractivity contribution in [3.8, 4) is 0 Å². The van der Waals surface area contributed by atoms with E-state index in [-0.39, 0.29) is 0 Å². The van der Waals surface area contributed by atoms with E-state index in [1.54, 1.807) is 13.2 Å². The van der Waals surface area contributed by atoms with E-state index in [4.69, 9.17) is 4.74 Å². The molecule has 6 nitrogen and oxygen atoms in total. The monoisotopic (exact) mass is 277 g/mol. The van der Waals surface area contributed by atoms with Crippen molar-refractivity contribution in [2.75, 3.05) is 26.8 Å². The molecule has 0 unspecified atom stereocenters. The third kappa shape index (κ3) is 4.38. The van der Waals surface area contributed by atoms with Crippen LogP contribution in [0.2, 0.25) is 0 Å². The summed E-state index contributed by atoms with van der Waals surface area (Å²) < 4.78 is 7.15. The summed E-state index contributed by atoms with van der Waals surface area (Å²) in [6.07, 6.45) is 6.06. The first-order valence-electron chi connectivity index (χ1n) is 6.96. The maximum atomic E-state index is 5.30. The second-order valence-corrected chi connectivity index (χ2v) is 4.74. The quantitative estimate of drug-likeness (QED) is 0.475. The van der Waals surface area contributed by atoms with E-state index < -0.39 is 0 Å². The van der Waals surface area contributed by atoms with Gasteiger partial charge in [0.2, 0.25) is 0 Å². The van der Waals surface area contributed by atoms with E-state index >= 15 is 0 Å². The minimum Gasteiger partial charge on any atom is -0.377 e. The molecule has 2 rings (SSSR count). The van der Waals surface area contributed by atoms with Gasteiger partial charge in [-0.2, -0.15) is 5.10 Å². The molecule has 0 saturated carbocycles. The van der Waals surface area contributed by atoms with Crippen molar-refractivity contribution in [2.45, 2.75) is 19.4 Å². The molecule has 2 N–H and O–H groups in total. The second kappa shape index (κ2) is 7.69. The van der Waals surface area contributed by atoms with Gasteiger partial charge in [-0.05, 0) is 18.9 Å². The van der Waals surface area contributed by atoms with Crippen molar-refractivity contribution in [3.63, 3.8) is 0 Å².